The van der Waals surface area contributed by atoms with E-state index in [1.165, 1.54) is 27.4 Å². The maximum atomic E-state index is 9.42. The van der Waals surface area contributed by atoms with E-state index in [4.69, 9.17) is 14.2 Å². The van der Waals surface area contributed by atoms with Gasteiger partial charge < -0.3 is 24.4 Å². The van der Waals surface area contributed by atoms with Crippen molar-refractivity contribution >= 4 is 0 Å². The van der Waals surface area contributed by atoms with Crippen LogP contribution in [0.5, 0.6) is 28.7 Å². The molecule has 1 aromatic carbocycles. The van der Waals surface area contributed by atoms with Crippen molar-refractivity contribution in [1.82, 2.24) is 0 Å². The van der Waals surface area contributed by atoms with Gasteiger partial charge in [0.05, 0.1) is 21.3 Å². The zero-order valence-corrected chi connectivity index (χ0v) is 8.20. The molecule has 0 unspecified atom stereocenters. The SMILES string of the molecule is COc1cc(O)c(O)c(OC)c1OC. The van der Waals surface area contributed by atoms with E-state index in [1.807, 2.05) is 0 Å². The van der Waals surface area contributed by atoms with E-state index >= 15 is 0 Å². The molecule has 0 heterocycles. The monoisotopic (exact) mass is 200 g/mol. The second-order valence-electron chi connectivity index (χ2n) is 2.51. The summed E-state index contributed by atoms with van der Waals surface area (Å²) in [5.74, 6) is -0.112. The van der Waals surface area contributed by atoms with Gasteiger partial charge in [0.25, 0.3) is 0 Å². The highest BCUT2D eigenvalue weighted by Gasteiger charge is 2.19. The molecule has 0 amide bonds. The first-order chi connectivity index (χ1) is 6.65. The molecule has 5 nitrogen and oxygen atoms in total. The van der Waals surface area contributed by atoms with Gasteiger partial charge in [-0.2, -0.15) is 0 Å². The maximum Gasteiger partial charge on any atom is 0.211 e. The first-order valence-electron chi connectivity index (χ1n) is 3.86. The molecule has 5 heteroatoms. The molecular weight excluding hydrogens is 188 g/mol. The molecule has 2 N–H and O–H groups in total. The van der Waals surface area contributed by atoms with Crippen LogP contribution in [0.2, 0.25) is 0 Å². The summed E-state index contributed by atoms with van der Waals surface area (Å²) in [6.45, 7) is 0. The summed E-state index contributed by atoms with van der Waals surface area (Å²) >= 11 is 0. The topological polar surface area (TPSA) is 68.2 Å². The van der Waals surface area contributed by atoms with Crippen molar-refractivity contribution in [2.24, 2.45) is 0 Å². The summed E-state index contributed by atoms with van der Waals surface area (Å²) in [7, 11) is 4.20. The van der Waals surface area contributed by atoms with Gasteiger partial charge in [-0.1, -0.05) is 0 Å². The van der Waals surface area contributed by atoms with Gasteiger partial charge in [0, 0.05) is 6.07 Å². The fourth-order valence-corrected chi connectivity index (χ4v) is 1.13. The Morgan fingerprint density at radius 2 is 1.50 bits per heavy atom. The predicted octanol–water partition coefficient (Wildman–Crippen LogP) is 1.12. The van der Waals surface area contributed by atoms with Crippen LogP contribution in [0.4, 0.5) is 0 Å². The Morgan fingerprint density at radius 3 is 1.93 bits per heavy atom. The second kappa shape index (κ2) is 3.95. The number of hydrogen-bond acceptors (Lipinski definition) is 5. The highest BCUT2D eigenvalue weighted by atomic mass is 16.5. The molecule has 0 bridgehead atoms. The molecule has 0 aliphatic rings. The summed E-state index contributed by atoms with van der Waals surface area (Å²) in [5, 5.41) is 18.7. The van der Waals surface area contributed by atoms with E-state index in [9.17, 15) is 10.2 Å². The van der Waals surface area contributed by atoms with E-state index in [1.54, 1.807) is 0 Å². The molecule has 0 spiro atoms. The van der Waals surface area contributed by atoms with E-state index in [0.717, 1.165) is 0 Å². The van der Waals surface area contributed by atoms with Crippen LogP contribution in [0.15, 0.2) is 6.07 Å². The number of phenolic OH excluding ortho intramolecular Hbond substituents is 2. The average Bonchev–Trinajstić information content (AvgIpc) is 2.20. The molecule has 14 heavy (non-hydrogen) atoms. The maximum absolute atomic E-state index is 9.42. The van der Waals surface area contributed by atoms with Crippen LogP contribution in [0.1, 0.15) is 0 Å². The Morgan fingerprint density at radius 1 is 0.929 bits per heavy atom. The van der Waals surface area contributed by atoms with Crippen molar-refractivity contribution in [2.75, 3.05) is 21.3 Å². The number of ether oxygens (including phenoxy) is 3. The normalized spacial score (nSPS) is 9.64. The van der Waals surface area contributed by atoms with Gasteiger partial charge >= 0.3 is 0 Å². The lowest BCUT2D eigenvalue weighted by Crippen LogP contribution is -1.95. The first kappa shape index (κ1) is 10.3. The summed E-state index contributed by atoms with van der Waals surface area (Å²) in [6, 6.07) is 1.25. The Bertz CT molecular complexity index is 334. The van der Waals surface area contributed by atoms with Crippen LogP contribution >= 0.6 is 0 Å². The minimum Gasteiger partial charge on any atom is -0.504 e. The molecule has 0 radical (unpaired) electrons. The third-order valence-electron chi connectivity index (χ3n) is 1.78. The van der Waals surface area contributed by atoms with E-state index in [0.29, 0.717) is 5.75 Å². The second-order valence-corrected chi connectivity index (χ2v) is 2.51. The molecule has 0 aliphatic carbocycles. The predicted molar refractivity (Wildman–Crippen MR) is 49.4 cm³/mol. The van der Waals surface area contributed by atoms with Gasteiger partial charge in [-0.3, -0.25) is 0 Å². The molecule has 0 aromatic heterocycles. The number of rotatable bonds is 3. The summed E-state index contributed by atoms with van der Waals surface area (Å²) in [6.07, 6.45) is 0. The molecule has 0 atom stereocenters. The Kier molecular flexibility index (Phi) is 2.91. The minimum absolute atomic E-state index is 0.0457. The van der Waals surface area contributed by atoms with Gasteiger partial charge in [-0.15, -0.1) is 0 Å². The first-order valence-corrected chi connectivity index (χ1v) is 3.86. The lowest BCUT2D eigenvalue weighted by Gasteiger charge is -2.13. The van der Waals surface area contributed by atoms with Gasteiger partial charge in [0.1, 0.15) is 0 Å². The number of phenols is 2. The van der Waals surface area contributed by atoms with Crippen LogP contribution in [-0.2, 0) is 0 Å². The van der Waals surface area contributed by atoms with Crippen molar-refractivity contribution in [3.8, 4) is 28.7 Å². The van der Waals surface area contributed by atoms with Crippen molar-refractivity contribution in [3.63, 3.8) is 0 Å². The van der Waals surface area contributed by atoms with E-state index in [-0.39, 0.29) is 23.0 Å². The number of aromatic hydroxyl groups is 2. The lowest BCUT2D eigenvalue weighted by atomic mass is 10.2. The van der Waals surface area contributed by atoms with Gasteiger partial charge in [-0.05, 0) is 0 Å². The van der Waals surface area contributed by atoms with Crippen LogP contribution in [0.25, 0.3) is 0 Å². The van der Waals surface area contributed by atoms with Gasteiger partial charge in [-0.25, -0.2) is 0 Å². The van der Waals surface area contributed by atoms with Crippen LogP contribution in [0, 0.1) is 0 Å². The minimum atomic E-state index is -0.370. The highest BCUT2D eigenvalue weighted by molar-refractivity contribution is 5.64. The number of hydrogen-bond donors (Lipinski definition) is 2. The molecule has 0 aliphatic heterocycles. The fourth-order valence-electron chi connectivity index (χ4n) is 1.13. The molecular formula is C9H12O5. The summed E-state index contributed by atoms with van der Waals surface area (Å²) < 4.78 is 14.8. The Hall–Kier alpha value is -1.78. The van der Waals surface area contributed by atoms with Crippen molar-refractivity contribution in [2.45, 2.75) is 0 Å². The number of benzene rings is 1. The fraction of sp³-hybridized carbons (Fsp3) is 0.333. The van der Waals surface area contributed by atoms with Crippen molar-refractivity contribution < 1.29 is 24.4 Å². The third kappa shape index (κ3) is 1.48. The van der Waals surface area contributed by atoms with E-state index < -0.39 is 0 Å². The molecule has 1 aromatic rings. The van der Waals surface area contributed by atoms with Crippen molar-refractivity contribution in [1.29, 1.82) is 0 Å². The zero-order chi connectivity index (χ0) is 10.7. The summed E-state index contributed by atoms with van der Waals surface area (Å²) in [4.78, 5) is 0. The third-order valence-corrected chi connectivity index (χ3v) is 1.78. The Labute approximate surface area is 81.5 Å². The molecule has 1 rings (SSSR count). The lowest BCUT2D eigenvalue weighted by molar-refractivity contribution is 0.300. The molecule has 78 valence electrons. The van der Waals surface area contributed by atoms with Gasteiger partial charge in [0.2, 0.25) is 17.2 Å². The van der Waals surface area contributed by atoms with Crippen LogP contribution < -0.4 is 14.2 Å². The zero-order valence-electron chi connectivity index (χ0n) is 8.20. The van der Waals surface area contributed by atoms with Crippen LogP contribution in [-0.4, -0.2) is 31.5 Å². The van der Waals surface area contributed by atoms with Gasteiger partial charge in [0.15, 0.2) is 11.5 Å². The van der Waals surface area contributed by atoms with E-state index in [2.05, 4.69) is 0 Å². The quantitative estimate of drug-likeness (QED) is 0.715. The van der Waals surface area contributed by atoms with Crippen molar-refractivity contribution in [3.05, 3.63) is 6.07 Å². The highest BCUT2D eigenvalue weighted by Crippen LogP contribution is 2.48. The average molecular weight is 200 g/mol. The Balaban J connectivity index is 3.42. The summed E-state index contributed by atoms with van der Waals surface area (Å²) in [5.41, 5.74) is 0. The molecule has 0 saturated carbocycles. The molecule has 0 fully saturated rings. The number of methoxy groups -OCH3 is 3. The standard InChI is InChI=1S/C9H12O5/c1-12-6-4-5(10)7(11)9(14-3)8(6)13-2/h4,10-11H,1-3H3. The molecule has 0 saturated heterocycles. The smallest absolute Gasteiger partial charge is 0.211 e. The largest absolute Gasteiger partial charge is 0.504 e. The van der Waals surface area contributed by atoms with Crippen LogP contribution in [0.3, 0.4) is 0 Å².